The van der Waals surface area contributed by atoms with Gasteiger partial charge in [0.15, 0.2) is 11.6 Å². The number of methoxy groups -OCH3 is 1. The second-order valence-corrected chi connectivity index (χ2v) is 3.93. The minimum absolute atomic E-state index is 0.188. The average Bonchev–Trinajstić information content (AvgIpc) is 3.00. The summed E-state index contributed by atoms with van der Waals surface area (Å²) in [6, 6.07) is 0. The first-order valence-corrected chi connectivity index (χ1v) is 5.85. The molecule has 0 amide bonds. The van der Waals surface area contributed by atoms with Gasteiger partial charge in [-0.05, 0) is 23.8 Å². The first-order chi connectivity index (χ1) is 8.74. The number of ether oxygens (including phenoxy) is 1. The SMILES string of the molecule is CCCc1nnnn1Cc1nc(C(C)OC)no1. The van der Waals surface area contributed by atoms with Crippen LogP contribution in [0.4, 0.5) is 0 Å². The Balaban J connectivity index is 2.09. The zero-order valence-corrected chi connectivity index (χ0v) is 10.7. The van der Waals surface area contributed by atoms with E-state index in [4.69, 9.17) is 9.26 Å². The van der Waals surface area contributed by atoms with Crippen molar-refractivity contribution in [2.45, 2.75) is 39.3 Å². The minimum Gasteiger partial charge on any atom is -0.374 e. The van der Waals surface area contributed by atoms with Crippen LogP contribution in [-0.4, -0.2) is 37.5 Å². The number of nitrogens with zero attached hydrogens (tertiary/aromatic N) is 6. The monoisotopic (exact) mass is 252 g/mol. The highest BCUT2D eigenvalue weighted by atomic mass is 16.5. The van der Waals surface area contributed by atoms with Crippen molar-refractivity contribution in [3.63, 3.8) is 0 Å². The number of aryl methyl sites for hydroxylation is 1. The van der Waals surface area contributed by atoms with Crippen molar-refractivity contribution in [3.05, 3.63) is 17.5 Å². The van der Waals surface area contributed by atoms with E-state index >= 15 is 0 Å². The van der Waals surface area contributed by atoms with Gasteiger partial charge < -0.3 is 9.26 Å². The van der Waals surface area contributed by atoms with Crippen LogP contribution in [0.3, 0.4) is 0 Å². The van der Waals surface area contributed by atoms with Crippen LogP contribution in [0.1, 0.15) is 43.9 Å². The molecule has 0 aliphatic heterocycles. The van der Waals surface area contributed by atoms with E-state index in [1.54, 1.807) is 11.8 Å². The Morgan fingerprint density at radius 3 is 3.00 bits per heavy atom. The molecular formula is C10H16N6O2. The standard InChI is InChI=1S/C10H16N6O2/c1-4-5-8-12-14-15-16(8)6-9-11-10(13-18-9)7(2)17-3/h7H,4-6H2,1-3H3. The quantitative estimate of drug-likeness (QED) is 0.749. The molecule has 98 valence electrons. The molecule has 0 saturated carbocycles. The third-order valence-corrected chi connectivity index (χ3v) is 2.57. The summed E-state index contributed by atoms with van der Waals surface area (Å²) in [6.45, 7) is 4.31. The summed E-state index contributed by atoms with van der Waals surface area (Å²) in [6.07, 6.45) is 1.62. The van der Waals surface area contributed by atoms with E-state index in [1.807, 2.05) is 6.92 Å². The first kappa shape index (κ1) is 12.6. The van der Waals surface area contributed by atoms with Crippen molar-refractivity contribution < 1.29 is 9.26 Å². The number of hydrogen-bond donors (Lipinski definition) is 0. The Kier molecular flexibility index (Phi) is 3.98. The van der Waals surface area contributed by atoms with Gasteiger partial charge >= 0.3 is 0 Å². The van der Waals surface area contributed by atoms with E-state index in [1.165, 1.54) is 0 Å². The van der Waals surface area contributed by atoms with Gasteiger partial charge in [-0.1, -0.05) is 12.1 Å². The van der Waals surface area contributed by atoms with Crippen molar-refractivity contribution in [3.8, 4) is 0 Å². The molecule has 0 bridgehead atoms. The van der Waals surface area contributed by atoms with Crippen LogP contribution < -0.4 is 0 Å². The third kappa shape index (κ3) is 2.70. The molecular weight excluding hydrogens is 236 g/mol. The average molecular weight is 252 g/mol. The van der Waals surface area contributed by atoms with Crippen molar-refractivity contribution in [1.82, 2.24) is 30.3 Å². The van der Waals surface area contributed by atoms with Crippen LogP contribution in [-0.2, 0) is 17.7 Å². The molecule has 8 nitrogen and oxygen atoms in total. The van der Waals surface area contributed by atoms with E-state index in [2.05, 4.69) is 32.6 Å². The van der Waals surface area contributed by atoms with Crippen LogP contribution in [0.25, 0.3) is 0 Å². The summed E-state index contributed by atoms with van der Waals surface area (Å²) in [5.74, 6) is 1.81. The lowest BCUT2D eigenvalue weighted by molar-refractivity contribution is 0.109. The Hall–Kier alpha value is -1.83. The highest BCUT2D eigenvalue weighted by Gasteiger charge is 2.15. The molecule has 2 aromatic rings. The predicted octanol–water partition coefficient (Wildman–Crippen LogP) is 0.764. The summed E-state index contributed by atoms with van der Waals surface area (Å²) < 4.78 is 11.9. The fourth-order valence-corrected chi connectivity index (χ4v) is 1.48. The van der Waals surface area contributed by atoms with Crippen LogP contribution >= 0.6 is 0 Å². The molecule has 2 rings (SSSR count). The van der Waals surface area contributed by atoms with Gasteiger partial charge in [0.05, 0.1) is 0 Å². The maximum atomic E-state index is 5.14. The van der Waals surface area contributed by atoms with Gasteiger partial charge in [0.25, 0.3) is 0 Å². The molecule has 1 atom stereocenters. The molecule has 2 heterocycles. The van der Waals surface area contributed by atoms with Gasteiger partial charge in [-0.2, -0.15) is 4.98 Å². The van der Waals surface area contributed by atoms with Gasteiger partial charge in [-0.15, -0.1) is 5.10 Å². The molecule has 0 N–H and O–H groups in total. The van der Waals surface area contributed by atoms with E-state index in [0.29, 0.717) is 18.3 Å². The molecule has 0 aliphatic rings. The molecule has 0 radical (unpaired) electrons. The molecule has 2 aromatic heterocycles. The molecule has 0 spiro atoms. The highest BCUT2D eigenvalue weighted by Crippen LogP contribution is 2.12. The van der Waals surface area contributed by atoms with Crippen molar-refractivity contribution >= 4 is 0 Å². The van der Waals surface area contributed by atoms with Crippen LogP contribution in [0.15, 0.2) is 4.52 Å². The second-order valence-electron chi connectivity index (χ2n) is 3.93. The van der Waals surface area contributed by atoms with Gasteiger partial charge in [0.2, 0.25) is 5.89 Å². The molecule has 0 fully saturated rings. The van der Waals surface area contributed by atoms with Crippen molar-refractivity contribution in [2.75, 3.05) is 7.11 Å². The number of hydrogen-bond acceptors (Lipinski definition) is 7. The lowest BCUT2D eigenvalue weighted by Gasteiger charge is -2.01. The summed E-state index contributed by atoms with van der Waals surface area (Å²) in [5, 5.41) is 15.3. The Bertz CT molecular complexity index is 494. The smallest absolute Gasteiger partial charge is 0.248 e. The molecule has 0 aromatic carbocycles. The normalized spacial score (nSPS) is 12.8. The second kappa shape index (κ2) is 5.67. The summed E-state index contributed by atoms with van der Waals surface area (Å²) in [4.78, 5) is 4.24. The van der Waals surface area contributed by atoms with E-state index in [9.17, 15) is 0 Å². The Morgan fingerprint density at radius 1 is 1.44 bits per heavy atom. The molecule has 8 heteroatoms. The predicted molar refractivity (Wildman–Crippen MR) is 60.6 cm³/mol. The number of rotatable bonds is 6. The van der Waals surface area contributed by atoms with Crippen LogP contribution in [0.5, 0.6) is 0 Å². The van der Waals surface area contributed by atoms with Crippen LogP contribution in [0, 0.1) is 0 Å². The zero-order chi connectivity index (χ0) is 13.0. The van der Waals surface area contributed by atoms with Crippen molar-refractivity contribution in [1.29, 1.82) is 0 Å². The lowest BCUT2D eigenvalue weighted by atomic mass is 10.3. The van der Waals surface area contributed by atoms with Gasteiger partial charge in [0.1, 0.15) is 12.6 Å². The topological polar surface area (TPSA) is 91.8 Å². The molecule has 0 saturated heterocycles. The summed E-state index contributed by atoms with van der Waals surface area (Å²) in [5.41, 5.74) is 0. The third-order valence-electron chi connectivity index (χ3n) is 2.57. The number of aromatic nitrogens is 6. The molecule has 1 unspecified atom stereocenters. The van der Waals surface area contributed by atoms with Crippen molar-refractivity contribution in [2.24, 2.45) is 0 Å². The molecule has 18 heavy (non-hydrogen) atoms. The first-order valence-electron chi connectivity index (χ1n) is 5.85. The number of tetrazole rings is 1. The fraction of sp³-hybridized carbons (Fsp3) is 0.700. The minimum atomic E-state index is -0.188. The van der Waals surface area contributed by atoms with Gasteiger partial charge in [-0.3, -0.25) is 0 Å². The largest absolute Gasteiger partial charge is 0.374 e. The summed E-state index contributed by atoms with van der Waals surface area (Å²) >= 11 is 0. The zero-order valence-electron chi connectivity index (χ0n) is 10.7. The molecule has 0 aliphatic carbocycles. The fourth-order valence-electron chi connectivity index (χ4n) is 1.48. The Morgan fingerprint density at radius 2 is 2.28 bits per heavy atom. The maximum Gasteiger partial charge on any atom is 0.248 e. The highest BCUT2D eigenvalue weighted by molar-refractivity contribution is 4.92. The van der Waals surface area contributed by atoms with E-state index in [-0.39, 0.29) is 6.10 Å². The summed E-state index contributed by atoms with van der Waals surface area (Å²) in [7, 11) is 1.60. The van der Waals surface area contributed by atoms with E-state index < -0.39 is 0 Å². The van der Waals surface area contributed by atoms with E-state index in [0.717, 1.165) is 18.7 Å². The Labute approximate surface area is 104 Å². The van der Waals surface area contributed by atoms with Gasteiger partial charge in [0, 0.05) is 13.5 Å². The maximum absolute atomic E-state index is 5.14. The lowest BCUT2D eigenvalue weighted by Crippen LogP contribution is -2.07. The van der Waals surface area contributed by atoms with Gasteiger partial charge in [-0.25, -0.2) is 4.68 Å². The van der Waals surface area contributed by atoms with Crippen LogP contribution in [0.2, 0.25) is 0 Å².